The van der Waals surface area contributed by atoms with Gasteiger partial charge in [0.2, 0.25) is 10.0 Å². The molecule has 8 heteroatoms. The van der Waals surface area contributed by atoms with Gasteiger partial charge in [0, 0.05) is 20.6 Å². The monoisotopic (exact) mass is 395 g/mol. The van der Waals surface area contributed by atoms with Crippen LogP contribution in [0, 0.1) is 0 Å². The maximum Gasteiger partial charge on any atom is 0.242 e. The minimum absolute atomic E-state index is 0.218. The predicted molar refractivity (Wildman–Crippen MR) is 104 cm³/mol. The molecule has 2 heterocycles. The van der Waals surface area contributed by atoms with Gasteiger partial charge in [0.1, 0.15) is 0 Å². The fraction of sp³-hybridized carbons (Fsp3) is 0.235. The molecule has 0 atom stereocenters. The second kappa shape index (κ2) is 6.92. The highest BCUT2D eigenvalue weighted by atomic mass is 35.5. The molecule has 0 unspecified atom stereocenters. The Labute approximate surface area is 156 Å². The highest BCUT2D eigenvalue weighted by Crippen LogP contribution is 2.28. The molecule has 0 spiro atoms. The summed E-state index contributed by atoms with van der Waals surface area (Å²) in [5.41, 5.74) is 2.48. The molecule has 0 fully saturated rings. The molecule has 2 aromatic heterocycles. The highest BCUT2D eigenvalue weighted by molar-refractivity contribution is 7.89. The van der Waals surface area contributed by atoms with Crippen LogP contribution in [0.15, 0.2) is 39.9 Å². The van der Waals surface area contributed by atoms with Crippen molar-refractivity contribution in [2.24, 2.45) is 0 Å². The summed E-state index contributed by atoms with van der Waals surface area (Å²) in [6, 6.07) is 6.95. The Balaban J connectivity index is 2.15. The maximum absolute atomic E-state index is 12.3. The number of imidazole rings is 1. The predicted octanol–water partition coefficient (Wildman–Crippen LogP) is 4.10. The summed E-state index contributed by atoms with van der Waals surface area (Å²) in [5.74, 6) is 0.629. The molecule has 0 radical (unpaired) electrons. The largest absolute Gasteiger partial charge is 0.324 e. The number of benzene rings is 1. The van der Waals surface area contributed by atoms with E-state index < -0.39 is 10.0 Å². The van der Waals surface area contributed by atoms with Crippen molar-refractivity contribution in [3.63, 3.8) is 0 Å². The van der Waals surface area contributed by atoms with Crippen molar-refractivity contribution >= 4 is 55.1 Å². The zero-order chi connectivity index (χ0) is 18.2. The summed E-state index contributed by atoms with van der Waals surface area (Å²) >= 11 is 8.09. The topological polar surface area (TPSA) is 55.2 Å². The Bertz CT molecular complexity index is 1040. The van der Waals surface area contributed by atoms with Crippen LogP contribution in [0.5, 0.6) is 0 Å². The van der Waals surface area contributed by atoms with Crippen molar-refractivity contribution in [3.05, 3.63) is 46.4 Å². The fourth-order valence-corrected chi connectivity index (χ4v) is 4.36. The third-order valence-corrected chi connectivity index (χ3v) is 6.66. The quantitative estimate of drug-likeness (QED) is 0.653. The summed E-state index contributed by atoms with van der Waals surface area (Å²) in [6.07, 6.45) is 1.86. The number of sulfonamides is 1. The smallest absolute Gasteiger partial charge is 0.242 e. The molecule has 3 rings (SSSR count). The van der Waals surface area contributed by atoms with E-state index in [-0.39, 0.29) is 4.90 Å². The Morgan fingerprint density at radius 3 is 2.72 bits per heavy atom. The lowest BCUT2D eigenvalue weighted by molar-refractivity contribution is 0.521. The molecule has 132 valence electrons. The van der Waals surface area contributed by atoms with Crippen molar-refractivity contribution in [3.8, 4) is 0 Å². The zero-order valence-corrected chi connectivity index (χ0v) is 16.5. The molecule has 0 aliphatic heterocycles. The van der Waals surface area contributed by atoms with Crippen molar-refractivity contribution in [1.82, 2.24) is 13.9 Å². The van der Waals surface area contributed by atoms with E-state index in [9.17, 15) is 8.42 Å². The third-order valence-electron chi connectivity index (χ3n) is 3.86. The molecule has 1 aromatic carbocycles. The molecule has 0 bridgehead atoms. The van der Waals surface area contributed by atoms with E-state index in [1.165, 1.54) is 18.4 Å². The Morgan fingerprint density at radius 2 is 2.12 bits per heavy atom. The lowest BCUT2D eigenvalue weighted by Crippen LogP contribution is -2.22. The summed E-state index contributed by atoms with van der Waals surface area (Å²) < 4.78 is 27.8. The highest BCUT2D eigenvalue weighted by Gasteiger charge is 2.20. The van der Waals surface area contributed by atoms with E-state index in [1.54, 1.807) is 29.5 Å². The van der Waals surface area contributed by atoms with Crippen LogP contribution >= 0.6 is 22.9 Å². The fourth-order valence-electron chi connectivity index (χ4n) is 2.55. The standard InChI is InChI=1S/C17H18ClN3O2S2/c1-4-21-16-6-5-13(25(22,23)20(2)3)10-15(16)19-17(21)14(18)9-12-7-8-24-11-12/h5-11H,4H2,1-3H3. The first kappa shape index (κ1) is 18.1. The van der Waals surface area contributed by atoms with Gasteiger partial charge < -0.3 is 4.57 Å². The molecule has 5 nitrogen and oxygen atoms in total. The number of rotatable bonds is 5. The first-order valence-corrected chi connectivity index (χ1v) is 10.4. The molecular weight excluding hydrogens is 378 g/mol. The van der Waals surface area contributed by atoms with Gasteiger partial charge in [-0.15, -0.1) is 0 Å². The summed E-state index contributed by atoms with van der Waals surface area (Å²) in [5, 5.41) is 4.51. The van der Waals surface area contributed by atoms with E-state index in [0.717, 1.165) is 11.1 Å². The summed E-state index contributed by atoms with van der Waals surface area (Å²) in [4.78, 5) is 4.80. The van der Waals surface area contributed by atoms with E-state index in [2.05, 4.69) is 4.98 Å². The molecule has 0 saturated heterocycles. The first-order valence-electron chi connectivity index (χ1n) is 7.67. The molecule has 0 N–H and O–H groups in total. The minimum Gasteiger partial charge on any atom is -0.324 e. The third kappa shape index (κ3) is 3.37. The summed E-state index contributed by atoms with van der Waals surface area (Å²) in [7, 11) is -0.482. The molecular formula is C17H18ClN3O2S2. The van der Waals surface area contributed by atoms with E-state index >= 15 is 0 Å². The van der Waals surface area contributed by atoms with Gasteiger partial charge >= 0.3 is 0 Å². The molecule has 0 amide bonds. The maximum atomic E-state index is 12.3. The average molecular weight is 396 g/mol. The van der Waals surface area contributed by atoms with Crippen molar-refractivity contribution in [2.75, 3.05) is 14.1 Å². The van der Waals surface area contributed by atoms with Gasteiger partial charge in [0.05, 0.1) is 21.0 Å². The van der Waals surface area contributed by atoms with Gasteiger partial charge in [0.15, 0.2) is 5.82 Å². The van der Waals surface area contributed by atoms with Gasteiger partial charge in [-0.3, -0.25) is 0 Å². The number of aromatic nitrogens is 2. The number of thiophene rings is 1. The van der Waals surface area contributed by atoms with Crippen LogP contribution in [0.3, 0.4) is 0 Å². The molecule has 0 aliphatic rings. The number of fused-ring (bicyclic) bond motifs is 1. The second-order valence-corrected chi connectivity index (χ2v) is 9.01. The van der Waals surface area contributed by atoms with Crippen LogP contribution in [0.1, 0.15) is 18.3 Å². The first-order chi connectivity index (χ1) is 11.8. The van der Waals surface area contributed by atoms with Crippen molar-refractivity contribution < 1.29 is 8.42 Å². The normalized spacial score (nSPS) is 13.1. The van der Waals surface area contributed by atoms with Gasteiger partial charge in [-0.05, 0) is 53.6 Å². The molecule has 3 aromatic rings. The van der Waals surface area contributed by atoms with Crippen LogP contribution in [-0.2, 0) is 16.6 Å². The van der Waals surface area contributed by atoms with Gasteiger partial charge in [-0.25, -0.2) is 17.7 Å². The number of aryl methyl sites for hydroxylation is 1. The number of hydrogen-bond donors (Lipinski definition) is 0. The van der Waals surface area contributed by atoms with Crippen LogP contribution in [0.2, 0.25) is 0 Å². The van der Waals surface area contributed by atoms with Crippen molar-refractivity contribution in [2.45, 2.75) is 18.4 Å². The van der Waals surface area contributed by atoms with Gasteiger partial charge in [-0.2, -0.15) is 11.3 Å². The Morgan fingerprint density at radius 1 is 1.36 bits per heavy atom. The lowest BCUT2D eigenvalue weighted by Gasteiger charge is -2.11. The second-order valence-electron chi connectivity index (χ2n) is 5.67. The average Bonchev–Trinajstić information content (AvgIpc) is 3.20. The number of hydrogen-bond acceptors (Lipinski definition) is 4. The SMILES string of the molecule is CCn1c(C(Cl)=Cc2ccsc2)nc2cc(S(=O)(=O)N(C)C)ccc21. The lowest BCUT2D eigenvalue weighted by atomic mass is 10.3. The van der Waals surface area contributed by atoms with E-state index in [1.807, 2.05) is 34.4 Å². The summed E-state index contributed by atoms with van der Waals surface area (Å²) in [6.45, 7) is 2.68. The minimum atomic E-state index is -3.50. The molecule has 0 saturated carbocycles. The van der Waals surface area contributed by atoms with Crippen molar-refractivity contribution in [1.29, 1.82) is 0 Å². The van der Waals surface area contributed by atoms with Crippen LogP contribution in [0.4, 0.5) is 0 Å². The van der Waals surface area contributed by atoms with Crippen LogP contribution in [-0.4, -0.2) is 36.4 Å². The van der Waals surface area contributed by atoms with E-state index in [4.69, 9.17) is 11.6 Å². The molecule has 25 heavy (non-hydrogen) atoms. The van der Waals surface area contributed by atoms with Crippen LogP contribution < -0.4 is 0 Å². The zero-order valence-electron chi connectivity index (χ0n) is 14.1. The van der Waals surface area contributed by atoms with Crippen LogP contribution in [0.25, 0.3) is 22.1 Å². The number of halogens is 1. The Kier molecular flexibility index (Phi) is 5.02. The van der Waals surface area contributed by atoms with Gasteiger partial charge in [-0.1, -0.05) is 11.6 Å². The van der Waals surface area contributed by atoms with Gasteiger partial charge in [0.25, 0.3) is 0 Å². The number of nitrogens with zero attached hydrogens (tertiary/aromatic N) is 3. The Hall–Kier alpha value is -1.67. The van der Waals surface area contributed by atoms with E-state index in [0.29, 0.717) is 22.9 Å². The molecule has 0 aliphatic carbocycles.